The second-order valence-electron chi connectivity index (χ2n) is 4.47. The Morgan fingerprint density at radius 1 is 1.29 bits per heavy atom. The molecule has 1 aromatic rings. The van der Waals surface area contributed by atoms with E-state index in [1.165, 1.54) is 12.0 Å². The third kappa shape index (κ3) is 1.17. The Kier molecular flexibility index (Phi) is 1.84. The van der Waals surface area contributed by atoms with Crippen molar-refractivity contribution >= 4 is 0 Å². The van der Waals surface area contributed by atoms with E-state index < -0.39 is 0 Å². The maximum Gasteiger partial charge on any atom is 0.127 e. The second-order valence-corrected chi connectivity index (χ2v) is 4.47. The minimum atomic E-state index is -0.00495. The zero-order chi connectivity index (χ0) is 9.54. The molecule has 1 aromatic carbocycles. The standard InChI is InChI=1S/C12H14FN/c13-11-3-1-2-9-4-8-5-10(12(9)11)7-14-6-8/h1-3,8,10,14H,4-7H2. The molecule has 0 amide bonds. The molecule has 2 heteroatoms. The van der Waals surface area contributed by atoms with E-state index in [-0.39, 0.29) is 5.82 Å². The summed E-state index contributed by atoms with van der Waals surface area (Å²) in [4.78, 5) is 0. The average molecular weight is 191 g/mol. The molecule has 1 saturated heterocycles. The third-order valence-corrected chi connectivity index (χ3v) is 3.50. The topological polar surface area (TPSA) is 12.0 Å². The molecule has 1 aliphatic heterocycles. The zero-order valence-corrected chi connectivity index (χ0v) is 8.09. The lowest BCUT2D eigenvalue weighted by Crippen LogP contribution is -2.39. The van der Waals surface area contributed by atoms with Gasteiger partial charge in [0.15, 0.2) is 0 Å². The largest absolute Gasteiger partial charge is 0.316 e. The van der Waals surface area contributed by atoms with E-state index in [1.807, 2.05) is 6.07 Å². The summed E-state index contributed by atoms with van der Waals surface area (Å²) >= 11 is 0. The summed E-state index contributed by atoms with van der Waals surface area (Å²) in [5.74, 6) is 1.14. The summed E-state index contributed by atoms with van der Waals surface area (Å²) in [5, 5.41) is 3.39. The minimum Gasteiger partial charge on any atom is -0.316 e. The number of piperidine rings is 1. The molecule has 0 radical (unpaired) electrons. The fraction of sp³-hybridized carbons (Fsp3) is 0.500. The van der Waals surface area contributed by atoms with Crippen LogP contribution < -0.4 is 5.32 Å². The third-order valence-electron chi connectivity index (χ3n) is 3.50. The Hall–Kier alpha value is -0.890. The number of hydrogen-bond donors (Lipinski definition) is 1. The Bertz CT molecular complexity index is 361. The molecule has 74 valence electrons. The van der Waals surface area contributed by atoms with Gasteiger partial charge in [-0.25, -0.2) is 4.39 Å². The van der Waals surface area contributed by atoms with E-state index in [4.69, 9.17) is 0 Å². The van der Waals surface area contributed by atoms with Gasteiger partial charge in [-0.3, -0.25) is 0 Å². The van der Waals surface area contributed by atoms with Gasteiger partial charge in [0.2, 0.25) is 0 Å². The van der Waals surface area contributed by atoms with Crippen LogP contribution in [-0.2, 0) is 6.42 Å². The van der Waals surface area contributed by atoms with Gasteiger partial charge in [-0.1, -0.05) is 12.1 Å². The van der Waals surface area contributed by atoms with Gasteiger partial charge >= 0.3 is 0 Å². The van der Waals surface area contributed by atoms with Crippen molar-refractivity contribution in [2.24, 2.45) is 5.92 Å². The van der Waals surface area contributed by atoms with Gasteiger partial charge in [0, 0.05) is 6.54 Å². The Morgan fingerprint density at radius 2 is 2.21 bits per heavy atom. The second kappa shape index (κ2) is 3.06. The van der Waals surface area contributed by atoms with Crippen molar-refractivity contribution < 1.29 is 4.39 Å². The summed E-state index contributed by atoms with van der Waals surface area (Å²) in [5.41, 5.74) is 2.23. The minimum absolute atomic E-state index is 0.00495. The van der Waals surface area contributed by atoms with E-state index in [9.17, 15) is 4.39 Å². The van der Waals surface area contributed by atoms with Crippen LogP contribution >= 0.6 is 0 Å². The molecule has 1 heterocycles. The molecule has 2 unspecified atom stereocenters. The van der Waals surface area contributed by atoms with Crippen molar-refractivity contribution in [1.82, 2.24) is 5.32 Å². The SMILES string of the molecule is Fc1cccc2c1C1CNCC(C2)C1. The van der Waals surface area contributed by atoms with Crippen LogP contribution in [0.3, 0.4) is 0 Å². The van der Waals surface area contributed by atoms with E-state index in [0.717, 1.165) is 31.0 Å². The number of rotatable bonds is 0. The van der Waals surface area contributed by atoms with Crippen LogP contribution in [0.5, 0.6) is 0 Å². The van der Waals surface area contributed by atoms with Crippen LogP contribution in [0.15, 0.2) is 18.2 Å². The van der Waals surface area contributed by atoms with Gasteiger partial charge in [0.05, 0.1) is 0 Å². The molecular weight excluding hydrogens is 177 g/mol. The smallest absolute Gasteiger partial charge is 0.127 e. The van der Waals surface area contributed by atoms with Crippen molar-refractivity contribution in [1.29, 1.82) is 0 Å². The van der Waals surface area contributed by atoms with Gasteiger partial charge in [-0.2, -0.15) is 0 Å². The van der Waals surface area contributed by atoms with Crippen LogP contribution in [0, 0.1) is 11.7 Å². The lowest BCUT2D eigenvalue weighted by atomic mass is 9.74. The van der Waals surface area contributed by atoms with Crippen LogP contribution in [-0.4, -0.2) is 13.1 Å². The lowest BCUT2D eigenvalue weighted by molar-refractivity contribution is 0.311. The molecule has 0 aromatic heterocycles. The van der Waals surface area contributed by atoms with Crippen molar-refractivity contribution in [3.63, 3.8) is 0 Å². The molecule has 2 aliphatic rings. The molecule has 1 N–H and O–H groups in total. The summed E-state index contributed by atoms with van der Waals surface area (Å²) in [7, 11) is 0. The summed E-state index contributed by atoms with van der Waals surface area (Å²) in [6.45, 7) is 2.05. The molecule has 2 bridgehead atoms. The van der Waals surface area contributed by atoms with E-state index in [2.05, 4.69) is 11.4 Å². The van der Waals surface area contributed by atoms with Gasteiger partial charge < -0.3 is 5.32 Å². The highest BCUT2D eigenvalue weighted by Gasteiger charge is 2.31. The Labute approximate surface area is 83.3 Å². The quantitative estimate of drug-likeness (QED) is 0.662. The molecule has 0 saturated carbocycles. The Balaban J connectivity index is 2.11. The Morgan fingerprint density at radius 3 is 3.14 bits per heavy atom. The normalized spacial score (nSPS) is 29.8. The highest BCUT2D eigenvalue weighted by Crippen LogP contribution is 2.37. The van der Waals surface area contributed by atoms with Crippen LogP contribution in [0.25, 0.3) is 0 Å². The predicted octanol–water partition coefficient (Wildman–Crippen LogP) is 2.07. The van der Waals surface area contributed by atoms with Gasteiger partial charge in [0.25, 0.3) is 0 Å². The van der Waals surface area contributed by atoms with Crippen molar-refractivity contribution in [2.45, 2.75) is 18.8 Å². The highest BCUT2D eigenvalue weighted by molar-refractivity contribution is 5.35. The highest BCUT2D eigenvalue weighted by atomic mass is 19.1. The van der Waals surface area contributed by atoms with Crippen molar-refractivity contribution in [3.8, 4) is 0 Å². The fourth-order valence-corrected chi connectivity index (χ4v) is 2.93. The van der Waals surface area contributed by atoms with Crippen LogP contribution in [0.1, 0.15) is 23.5 Å². The summed E-state index contributed by atoms with van der Waals surface area (Å²) in [6, 6.07) is 5.51. The number of hydrogen-bond acceptors (Lipinski definition) is 1. The lowest BCUT2D eigenvalue weighted by Gasteiger charge is -2.36. The number of nitrogens with one attached hydrogen (secondary N) is 1. The van der Waals surface area contributed by atoms with E-state index in [0.29, 0.717) is 5.92 Å². The van der Waals surface area contributed by atoms with Gasteiger partial charge in [-0.05, 0) is 48.4 Å². The fourth-order valence-electron chi connectivity index (χ4n) is 2.93. The van der Waals surface area contributed by atoms with Crippen molar-refractivity contribution in [3.05, 3.63) is 35.1 Å². The molecule has 1 nitrogen and oxygen atoms in total. The molecule has 1 aliphatic carbocycles. The molecule has 14 heavy (non-hydrogen) atoms. The first kappa shape index (κ1) is 8.42. The molecule has 2 atom stereocenters. The maximum absolute atomic E-state index is 13.6. The van der Waals surface area contributed by atoms with Gasteiger partial charge in [-0.15, -0.1) is 0 Å². The average Bonchev–Trinajstić information content (AvgIpc) is 2.17. The first-order valence-electron chi connectivity index (χ1n) is 5.32. The monoisotopic (exact) mass is 191 g/mol. The molecule has 3 rings (SSSR count). The van der Waals surface area contributed by atoms with Crippen molar-refractivity contribution in [2.75, 3.05) is 13.1 Å². The number of halogens is 1. The van der Waals surface area contributed by atoms with E-state index in [1.54, 1.807) is 6.07 Å². The molecule has 1 fully saturated rings. The van der Waals surface area contributed by atoms with Gasteiger partial charge in [0.1, 0.15) is 5.82 Å². The first-order valence-corrected chi connectivity index (χ1v) is 5.32. The molecular formula is C12H14FN. The number of benzene rings is 1. The summed E-state index contributed by atoms with van der Waals surface area (Å²) < 4.78 is 13.6. The summed E-state index contributed by atoms with van der Waals surface area (Å²) in [6.07, 6.45) is 2.22. The maximum atomic E-state index is 13.6. The number of fused-ring (bicyclic) bond motifs is 4. The zero-order valence-electron chi connectivity index (χ0n) is 8.09. The van der Waals surface area contributed by atoms with Crippen LogP contribution in [0.4, 0.5) is 4.39 Å². The molecule has 0 spiro atoms. The van der Waals surface area contributed by atoms with Crippen LogP contribution in [0.2, 0.25) is 0 Å². The first-order chi connectivity index (χ1) is 6.84. The van der Waals surface area contributed by atoms with E-state index >= 15 is 0 Å². The predicted molar refractivity (Wildman–Crippen MR) is 53.8 cm³/mol.